The van der Waals surface area contributed by atoms with E-state index in [1.807, 2.05) is 31.2 Å². The number of aliphatic imine (C=N–C) groups is 1. The van der Waals surface area contributed by atoms with Gasteiger partial charge in [0.25, 0.3) is 0 Å². The lowest BCUT2D eigenvalue weighted by Gasteiger charge is -2.37. The molecule has 0 saturated carbocycles. The standard InChI is InChI=1S/C20H31N3O3.HI/c1-3-21-20(22-13-17(24)16-7-4-6-15(2)12-16)23-9-11-26-19(14-23)18-8-5-10-25-18;/h4,6-7,12,17-19,24H,3,5,8-11,13-14H2,1-2H3,(H,21,22);1H. The normalized spacial score (nSPS) is 24.4. The van der Waals surface area contributed by atoms with Gasteiger partial charge in [-0.05, 0) is 32.3 Å². The molecule has 3 unspecified atom stereocenters. The molecule has 0 amide bonds. The Balaban J connectivity index is 0.00000261. The maximum absolute atomic E-state index is 10.5. The third-order valence-corrected chi connectivity index (χ3v) is 4.95. The summed E-state index contributed by atoms with van der Waals surface area (Å²) >= 11 is 0. The van der Waals surface area contributed by atoms with Crippen molar-refractivity contribution in [3.63, 3.8) is 0 Å². The van der Waals surface area contributed by atoms with Crippen molar-refractivity contribution in [1.82, 2.24) is 10.2 Å². The van der Waals surface area contributed by atoms with E-state index in [9.17, 15) is 5.11 Å². The minimum absolute atomic E-state index is 0. The number of hydrogen-bond donors (Lipinski definition) is 2. The summed E-state index contributed by atoms with van der Waals surface area (Å²) in [6.07, 6.45) is 1.87. The third kappa shape index (κ3) is 6.30. The molecule has 0 radical (unpaired) electrons. The smallest absolute Gasteiger partial charge is 0.194 e. The molecule has 0 spiro atoms. The molecule has 7 heteroatoms. The number of nitrogens with one attached hydrogen (secondary N) is 1. The molecule has 152 valence electrons. The fraction of sp³-hybridized carbons (Fsp3) is 0.650. The van der Waals surface area contributed by atoms with Crippen LogP contribution >= 0.6 is 24.0 Å². The highest BCUT2D eigenvalue weighted by Gasteiger charge is 2.32. The second kappa shape index (κ2) is 11.2. The number of guanidine groups is 1. The Morgan fingerprint density at radius 1 is 1.33 bits per heavy atom. The van der Waals surface area contributed by atoms with Gasteiger partial charge in [0.15, 0.2) is 5.96 Å². The van der Waals surface area contributed by atoms with Gasteiger partial charge in [-0.3, -0.25) is 4.99 Å². The number of aliphatic hydroxyl groups is 1. The molecule has 2 heterocycles. The van der Waals surface area contributed by atoms with Crippen molar-refractivity contribution in [3.05, 3.63) is 35.4 Å². The molecule has 3 atom stereocenters. The van der Waals surface area contributed by atoms with Gasteiger partial charge in [-0.15, -0.1) is 24.0 Å². The average Bonchev–Trinajstić information content (AvgIpc) is 3.20. The van der Waals surface area contributed by atoms with Crippen molar-refractivity contribution < 1.29 is 14.6 Å². The fourth-order valence-electron chi connectivity index (χ4n) is 3.57. The number of nitrogens with zero attached hydrogens (tertiary/aromatic N) is 2. The van der Waals surface area contributed by atoms with Crippen molar-refractivity contribution in [2.45, 2.75) is 45.0 Å². The van der Waals surface area contributed by atoms with Crippen molar-refractivity contribution in [2.24, 2.45) is 4.99 Å². The quantitative estimate of drug-likeness (QED) is 0.378. The summed E-state index contributed by atoms with van der Waals surface area (Å²) in [5.74, 6) is 0.838. The number of aryl methyl sites for hydroxylation is 1. The van der Waals surface area contributed by atoms with Gasteiger partial charge < -0.3 is 24.8 Å². The van der Waals surface area contributed by atoms with Crippen molar-refractivity contribution in [2.75, 3.05) is 39.4 Å². The van der Waals surface area contributed by atoms with E-state index in [1.165, 1.54) is 0 Å². The van der Waals surface area contributed by atoms with Crippen molar-refractivity contribution >= 4 is 29.9 Å². The molecule has 0 aliphatic carbocycles. The third-order valence-electron chi connectivity index (χ3n) is 4.95. The van der Waals surface area contributed by atoms with E-state index in [0.717, 1.165) is 56.2 Å². The molecule has 1 aromatic carbocycles. The van der Waals surface area contributed by atoms with Gasteiger partial charge in [-0.2, -0.15) is 0 Å². The van der Waals surface area contributed by atoms with Gasteiger partial charge >= 0.3 is 0 Å². The summed E-state index contributed by atoms with van der Waals surface area (Å²) in [6, 6.07) is 7.96. The monoisotopic (exact) mass is 489 g/mol. The van der Waals surface area contributed by atoms with Gasteiger partial charge in [0, 0.05) is 26.2 Å². The lowest BCUT2D eigenvalue weighted by Crippen LogP contribution is -2.53. The highest BCUT2D eigenvalue weighted by molar-refractivity contribution is 14.0. The van der Waals surface area contributed by atoms with Crippen LogP contribution in [-0.2, 0) is 9.47 Å². The highest BCUT2D eigenvalue weighted by atomic mass is 127. The first kappa shape index (κ1) is 22.4. The Bertz CT molecular complexity index is 608. The Hall–Kier alpha value is -0.900. The Morgan fingerprint density at radius 2 is 2.15 bits per heavy atom. The number of halogens is 1. The molecule has 3 rings (SSSR count). The van der Waals surface area contributed by atoms with E-state index in [1.54, 1.807) is 0 Å². The summed E-state index contributed by atoms with van der Waals surface area (Å²) < 4.78 is 11.7. The fourth-order valence-corrected chi connectivity index (χ4v) is 3.57. The predicted molar refractivity (Wildman–Crippen MR) is 118 cm³/mol. The zero-order valence-corrected chi connectivity index (χ0v) is 18.6. The summed E-state index contributed by atoms with van der Waals surface area (Å²) in [7, 11) is 0. The minimum Gasteiger partial charge on any atom is -0.386 e. The summed E-state index contributed by atoms with van der Waals surface area (Å²) in [4.78, 5) is 6.91. The van der Waals surface area contributed by atoms with E-state index in [2.05, 4.69) is 22.1 Å². The number of ether oxygens (including phenoxy) is 2. The summed E-state index contributed by atoms with van der Waals surface area (Å²) in [5, 5.41) is 13.8. The summed E-state index contributed by atoms with van der Waals surface area (Å²) in [6.45, 7) is 8.31. The van der Waals surface area contributed by atoms with E-state index in [-0.39, 0.29) is 36.2 Å². The first-order valence-corrected chi connectivity index (χ1v) is 9.68. The van der Waals surface area contributed by atoms with Gasteiger partial charge in [0.1, 0.15) is 6.10 Å². The van der Waals surface area contributed by atoms with Crippen molar-refractivity contribution in [3.8, 4) is 0 Å². The molecule has 27 heavy (non-hydrogen) atoms. The maximum atomic E-state index is 10.5. The van der Waals surface area contributed by atoms with E-state index in [4.69, 9.17) is 9.47 Å². The maximum Gasteiger partial charge on any atom is 0.194 e. The highest BCUT2D eigenvalue weighted by Crippen LogP contribution is 2.21. The zero-order chi connectivity index (χ0) is 18.4. The lowest BCUT2D eigenvalue weighted by molar-refractivity contribution is -0.0817. The predicted octanol–water partition coefficient (Wildman–Crippen LogP) is 2.49. The largest absolute Gasteiger partial charge is 0.386 e. The van der Waals surface area contributed by atoms with Gasteiger partial charge in [0.05, 0.1) is 25.4 Å². The van der Waals surface area contributed by atoms with Gasteiger partial charge in [0.2, 0.25) is 0 Å². The van der Waals surface area contributed by atoms with Crippen LogP contribution in [0.1, 0.15) is 37.0 Å². The number of rotatable bonds is 5. The number of morpholine rings is 1. The number of aliphatic hydroxyl groups excluding tert-OH is 1. The SMILES string of the molecule is CCNC(=NCC(O)c1cccc(C)c1)N1CCOC(C2CCCO2)C1.I. The Labute approximate surface area is 179 Å². The molecule has 2 fully saturated rings. The van der Waals surface area contributed by atoms with Crippen LogP contribution in [-0.4, -0.2) is 67.6 Å². The van der Waals surface area contributed by atoms with E-state index >= 15 is 0 Å². The van der Waals surface area contributed by atoms with E-state index < -0.39 is 6.10 Å². The van der Waals surface area contributed by atoms with Crippen LogP contribution in [0.15, 0.2) is 29.3 Å². The Kier molecular flexibility index (Phi) is 9.28. The second-order valence-corrected chi connectivity index (χ2v) is 7.03. The molecule has 6 nitrogen and oxygen atoms in total. The molecule has 2 saturated heterocycles. The molecular formula is C20H32IN3O3. The number of hydrogen-bond acceptors (Lipinski definition) is 4. The molecule has 0 bridgehead atoms. The van der Waals surface area contributed by atoms with Crippen LogP contribution < -0.4 is 5.32 Å². The number of benzene rings is 1. The van der Waals surface area contributed by atoms with Crippen molar-refractivity contribution in [1.29, 1.82) is 0 Å². The topological polar surface area (TPSA) is 66.3 Å². The van der Waals surface area contributed by atoms with Crippen LogP contribution in [0.25, 0.3) is 0 Å². The molecule has 0 aromatic heterocycles. The van der Waals surface area contributed by atoms with Crippen LogP contribution in [0.5, 0.6) is 0 Å². The minimum atomic E-state index is -0.599. The van der Waals surface area contributed by atoms with E-state index in [0.29, 0.717) is 13.2 Å². The van der Waals surface area contributed by atoms with Gasteiger partial charge in [-0.25, -0.2) is 0 Å². The zero-order valence-electron chi connectivity index (χ0n) is 16.3. The second-order valence-electron chi connectivity index (χ2n) is 7.03. The summed E-state index contributed by atoms with van der Waals surface area (Å²) in [5.41, 5.74) is 2.05. The van der Waals surface area contributed by atoms with Crippen LogP contribution in [0.3, 0.4) is 0 Å². The average molecular weight is 489 g/mol. The first-order chi connectivity index (χ1) is 12.7. The molecule has 2 N–H and O–H groups in total. The van der Waals surface area contributed by atoms with Gasteiger partial charge in [-0.1, -0.05) is 29.8 Å². The molecule has 1 aromatic rings. The van der Waals surface area contributed by atoms with Crippen LogP contribution in [0.4, 0.5) is 0 Å². The Morgan fingerprint density at radius 3 is 2.85 bits per heavy atom. The molecule has 2 aliphatic heterocycles. The van der Waals surface area contributed by atoms with Crippen LogP contribution in [0.2, 0.25) is 0 Å². The molecular weight excluding hydrogens is 457 g/mol. The first-order valence-electron chi connectivity index (χ1n) is 9.68. The molecule has 2 aliphatic rings. The van der Waals surface area contributed by atoms with Crippen LogP contribution in [0, 0.1) is 6.92 Å². The lowest BCUT2D eigenvalue weighted by atomic mass is 10.1.